The number of carbonyl (C=O) groups is 1. The van der Waals surface area contributed by atoms with Crippen molar-refractivity contribution in [3.8, 4) is 0 Å². The summed E-state index contributed by atoms with van der Waals surface area (Å²) in [5.41, 5.74) is 3.14. The average Bonchev–Trinajstić information content (AvgIpc) is 3.28. The van der Waals surface area contributed by atoms with Crippen LogP contribution in [-0.4, -0.2) is 25.6 Å². The van der Waals surface area contributed by atoms with Crippen LogP contribution in [0.3, 0.4) is 0 Å². The first kappa shape index (κ1) is 18.7. The summed E-state index contributed by atoms with van der Waals surface area (Å²) in [6.45, 7) is 6.78. The molecular weight excluding hydrogens is 340 g/mol. The van der Waals surface area contributed by atoms with E-state index in [2.05, 4.69) is 46.8 Å². The third kappa shape index (κ3) is 5.99. The topological polar surface area (TPSA) is 76.8 Å². The van der Waals surface area contributed by atoms with Crippen LogP contribution in [0.4, 0.5) is 4.79 Å². The molecule has 0 unspecified atom stereocenters. The van der Waals surface area contributed by atoms with Gasteiger partial charge in [0.1, 0.15) is 0 Å². The Balaban J connectivity index is 1.41. The van der Waals surface area contributed by atoms with Crippen LogP contribution >= 0.6 is 0 Å². The van der Waals surface area contributed by atoms with Crippen molar-refractivity contribution in [2.24, 2.45) is 5.92 Å². The summed E-state index contributed by atoms with van der Waals surface area (Å²) in [5, 5.41) is 14.3. The highest BCUT2D eigenvalue weighted by molar-refractivity contribution is 5.73. The molecule has 0 aliphatic rings. The molecular formula is C20H26N6O. The lowest BCUT2D eigenvalue weighted by Crippen LogP contribution is -2.34. The van der Waals surface area contributed by atoms with Gasteiger partial charge in [-0.25, -0.2) is 4.79 Å². The van der Waals surface area contributed by atoms with E-state index in [1.54, 1.807) is 12.4 Å². The first-order chi connectivity index (χ1) is 13.1. The van der Waals surface area contributed by atoms with E-state index in [-0.39, 0.29) is 6.03 Å². The molecule has 0 atom stereocenters. The molecule has 2 amide bonds. The predicted molar refractivity (Wildman–Crippen MR) is 104 cm³/mol. The SMILES string of the molecule is CC(C)Cn1cc(CNC(=O)NCc2cnn(Cc3ccccc3)c2)cn1. The number of nitrogens with zero attached hydrogens (tertiary/aromatic N) is 4. The molecule has 0 saturated heterocycles. The molecule has 3 rings (SSSR count). The van der Waals surface area contributed by atoms with Gasteiger partial charge in [-0.3, -0.25) is 9.36 Å². The Bertz CT molecular complexity index is 852. The summed E-state index contributed by atoms with van der Waals surface area (Å²) in [6.07, 6.45) is 7.48. The first-order valence-electron chi connectivity index (χ1n) is 9.17. The number of aromatic nitrogens is 4. The van der Waals surface area contributed by atoms with Crippen molar-refractivity contribution in [1.29, 1.82) is 0 Å². The van der Waals surface area contributed by atoms with Crippen molar-refractivity contribution in [3.05, 3.63) is 71.8 Å². The van der Waals surface area contributed by atoms with Gasteiger partial charge in [0.05, 0.1) is 18.9 Å². The molecule has 0 aliphatic carbocycles. The van der Waals surface area contributed by atoms with Crippen molar-refractivity contribution in [1.82, 2.24) is 30.2 Å². The van der Waals surface area contributed by atoms with Gasteiger partial charge < -0.3 is 10.6 Å². The molecule has 0 fully saturated rings. The number of hydrogen-bond donors (Lipinski definition) is 2. The molecule has 2 aromatic heterocycles. The van der Waals surface area contributed by atoms with Crippen LogP contribution < -0.4 is 10.6 Å². The van der Waals surface area contributed by atoms with Crippen LogP contribution in [0.2, 0.25) is 0 Å². The zero-order valence-electron chi connectivity index (χ0n) is 15.8. The molecule has 0 spiro atoms. The van der Waals surface area contributed by atoms with Crippen LogP contribution in [0.1, 0.15) is 30.5 Å². The number of nitrogens with one attached hydrogen (secondary N) is 2. The lowest BCUT2D eigenvalue weighted by Gasteiger charge is -2.06. The van der Waals surface area contributed by atoms with Crippen molar-refractivity contribution in [3.63, 3.8) is 0 Å². The second kappa shape index (κ2) is 9.02. The minimum atomic E-state index is -0.206. The summed E-state index contributed by atoms with van der Waals surface area (Å²) < 4.78 is 3.77. The Morgan fingerprint density at radius 2 is 1.52 bits per heavy atom. The van der Waals surface area contributed by atoms with E-state index in [1.165, 1.54) is 5.56 Å². The summed E-state index contributed by atoms with van der Waals surface area (Å²) >= 11 is 0. The summed E-state index contributed by atoms with van der Waals surface area (Å²) in [6, 6.07) is 9.95. The van der Waals surface area contributed by atoms with Crippen LogP contribution in [-0.2, 0) is 26.2 Å². The zero-order valence-corrected chi connectivity index (χ0v) is 15.8. The van der Waals surface area contributed by atoms with Crippen LogP contribution in [0.5, 0.6) is 0 Å². The standard InChI is InChI=1S/C20H26N6O/c1-16(2)12-25-14-18(10-23-25)8-21-20(27)22-9-19-11-24-26(15-19)13-17-6-4-3-5-7-17/h3-7,10-11,14-16H,8-9,12-13H2,1-2H3,(H2,21,22,27). The fourth-order valence-electron chi connectivity index (χ4n) is 2.75. The monoisotopic (exact) mass is 366 g/mol. The summed E-state index contributed by atoms with van der Waals surface area (Å²) in [5.74, 6) is 0.539. The Labute approximate surface area is 159 Å². The van der Waals surface area contributed by atoms with Crippen molar-refractivity contribution < 1.29 is 4.79 Å². The Hall–Kier alpha value is -3.09. The maximum Gasteiger partial charge on any atom is 0.315 e. The third-order valence-electron chi connectivity index (χ3n) is 4.02. The molecule has 2 heterocycles. The molecule has 0 radical (unpaired) electrons. The predicted octanol–water partition coefficient (Wildman–Crippen LogP) is 2.78. The van der Waals surface area contributed by atoms with E-state index < -0.39 is 0 Å². The fraction of sp³-hybridized carbons (Fsp3) is 0.350. The van der Waals surface area contributed by atoms with Gasteiger partial charge in [-0.15, -0.1) is 0 Å². The Morgan fingerprint density at radius 3 is 2.15 bits per heavy atom. The highest BCUT2D eigenvalue weighted by Gasteiger charge is 2.05. The fourth-order valence-corrected chi connectivity index (χ4v) is 2.75. The third-order valence-corrected chi connectivity index (χ3v) is 4.02. The number of carbonyl (C=O) groups excluding carboxylic acids is 1. The number of benzene rings is 1. The van der Waals surface area contributed by atoms with E-state index in [9.17, 15) is 4.79 Å². The van der Waals surface area contributed by atoms with Crippen LogP contribution in [0.15, 0.2) is 55.1 Å². The van der Waals surface area contributed by atoms with Crippen LogP contribution in [0, 0.1) is 5.92 Å². The van der Waals surface area contributed by atoms with Crippen molar-refractivity contribution in [2.75, 3.05) is 0 Å². The number of rotatable bonds is 8. The molecule has 27 heavy (non-hydrogen) atoms. The lowest BCUT2D eigenvalue weighted by atomic mass is 10.2. The molecule has 7 heteroatoms. The maximum absolute atomic E-state index is 12.0. The van der Waals surface area contributed by atoms with Gasteiger partial charge in [-0.1, -0.05) is 44.2 Å². The quantitative estimate of drug-likeness (QED) is 0.644. The van der Waals surface area contributed by atoms with Crippen LogP contribution in [0.25, 0.3) is 0 Å². The van der Waals surface area contributed by atoms with Gasteiger partial charge >= 0.3 is 6.03 Å². The van der Waals surface area contributed by atoms with Gasteiger partial charge in [0.25, 0.3) is 0 Å². The summed E-state index contributed by atoms with van der Waals surface area (Å²) in [4.78, 5) is 12.0. The van der Waals surface area contributed by atoms with Gasteiger partial charge in [0.2, 0.25) is 0 Å². The minimum absolute atomic E-state index is 0.206. The van der Waals surface area contributed by atoms with E-state index >= 15 is 0 Å². The van der Waals surface area contributed by atoms with Gasteiger partial charge in [0.15, 0.2) is 0 Å². The summed E-state index contributed by atoms with van der Waals surface area (Å²) in [7, 11) is 0. The van der Waals surface area contributed by atoms with E-state index in [0.717, 1.165) is 17.7 Å². The zero-order chi connectivity index (χ0) is 19.1. The Kier molecular flexibility index (Phi) is 6.25. The Morgan fingerprint density at radius 1 is 0.926 bits per heavy atom. The van der Waals surface area contributed by atoms with E-state index in [0.29, 0.717) is 25.6 Å². The van der Waals surface area contributed by atoms with Crippen molar-refractivity contribution in [2.45, 2.75) is 40.0 Å². The molecule has 0 aliphatic heterocycles. The van der Waals surface area contributed by atoms with Gasteiger partial charge in [-0.05, 0) is 11.5 Å². The van der Waals surface area contributed by atoms with Gasteiger partial charge in [0, 0.05) is 43.2 Å². The highest BCUT2D eigenvalue weighted by Crippen LogP contribution is 2.04. The normalized spacial score (nSPS) is 10.9. The first-order valence-corrected chi connectivity index (χ1v) is 9.17. The van der Waals surface area contributed by atoms with Gasteiger partial charge in [-0.2, -0.15) is 10.2 Å². The molecule has 2 N–H and O–H groups in total. The lowest BCUT2D eigenvalue weighted by molar-refractivity contribution is 0.240. The molecule has 0 bridgehead atoms. The number of hydrogen-bond acceptors (Lipinski definition) is 3. The molecule has 3 aromatic rings. The smallest absolute Gasteiger partial charge is 0.315 e. The minimum Gasteiger partial charge on any atom is -0.334 e. The second-order valence-corrected chi connectivity index (χ2v) is 7.03. The molecule has 0 saturated carbocycles. The van der Waals surface area contributed by atoms with E-state index in [1.807, 2.05) is 40.0 Å². The second-order valence-electron chi connectivity index (χ2n) is 7.03. The van der Waals surface area contributed by atoms with Crippen molar-refractivity contribution >= 4 is 6.03 Å². The average molecular weight is 366 g/mol. The largest absolute Gasteiger partial charge is 0.334 e. The molecule has 142 valence electrons. The maximum atomic E-state index is 12.0. The molecule has 1 aromatic carbocycles. The number of amides is 2. The highest BCUT2D eigenvalue weighted by atomic mass is 16.2. The number of urea groups is 1. The van der Waals surface area contributed by atoms with E-state index in [4.69, 9.17) is 0 Å². The molecule has 7 nitrogen and oxygen atoms in total.